The van der Waals surface area contributed by atoms with Crippen LogP contribution in [-0.4, -0.2) is 43.8 Å². The minimum atomic E-state index is -4.07. The number of carbonyl (C=O) groups is 2. The van der Waals surface area contributed by atoms with Crippen molar-refractivity contribution in [2.24, 2.45) is 0 Å². The highest BCUT2D eigenvalue weighted by Crippen LogP contribution is 2.26. The van der Waals surface area contributed by atoms with Gasteiger partial charge in [0, 0.05) is 12.6 Å². The van der Waals surface area contributed by atoms with Crippen LogP contribution in [0.2, 0.25) is 0 Å². The highest BCUT2D eigenvalue weighted by Gasteiger charge is 2.34. The molecule has 0 saturated heterocycles. The van der Waals surface area contributed by atoms with E-state index in [1.54, 1.807) is 41.3 Å². The van der Waals surface area contributed by atoms with Crippen molar-refractivity contribution in [2.45, 2.75) is 76.4 Å². The van der Waals surface area contributed by atoms with Crippen LogP contribution >= 0.6 is 0 Å². The Morgan fingerprint density at radius 1 is 0.900 bits per heavy atom. The Morgan fingerprint density at radius 3 is 2.17 bits per heavy atom. The molecule has 3 aromatic carbocycles. The summed E-state index contributed by atoms with van der Waals surface area (Å²) in [7, 11) is -4.07. The number of nitrogens with zero attached hydrogens (tertiary/aromatic N) is 2. The molecule has 1 atom stereocenters. The molecule has 0 radical (unpaired) electrons. The molecule has 212 valence electrons. The number of benzene rings is 3. The predicted octanol–water partition coefficient (Wildman–Crippen LogP) is 5.36. The molecule has 1 unspecified atom stereocenters. The van der Waals surface area contributed by atoms with Gasteiger partial charge < -0.3 is 10.2 Å². The molecular weight excluding hydrogens is 522 g/mol. The molecule has 1 N–H and O–H groups in total. The molecule has 40 heavy (non-hydrogen) atoms. The normalized spacial score (nSPS) is 14.5. The van der Waals surface area contributed by atoms with E-state index in [2.05, 4.69) is 5.32 Å². The van der Waals surface area contributed by atoms with Crippen LogP contribution in [0.1, 0.15) is 55.7 Å². The minimum absolute atomic E-state index is 0.0977. The standard InChI is InChI=1S/C32H39N3O4S/c1-4-30(32(37)33-27-15-8-9-16-27)34(22-26-14-10-12-24(2)20-26)31(36)23-35(28-17-11-13-25(3)21-28)40(38,39)29-18-6-5-7-19-29/h5-7,10-14,17-21,27,30H,4,8-9,15-16,22-23H2,1-3H3,(H,33,37). The summed E-state index contributed by atoms with van der Waals surface area (Å²) in [5, 5.41) is 3.15. The molecule has 8 heteroatoms. The molecule has 0 aliphatic heterocycles. The third-order valence-electron chi connectivity index (χ3n) is 7.42. The molecule has 1 saturated carbocycles. The Hall–Kier alpha value is -3.65. The molecule has 3 aromatic rings. The number of rotatable bonds is 11. The highest BCUT2D eigenvalue weighted by molar-refractivity contribution is 7.92. The molecule has 0 bridgehead atoms. The zero-order valence-corrected chi connectivity index (χ0v) is 24.4. The van der Waals surface area contributed by atoms with Gasteiger partial charge in [-0.25, -0.2) is 8.42 Å². The average Bonchev–Trinajstić information content (AvgIpc) is 3.45. The Labute approximate surface area is 238 Å². The van der Waals surface area contributed by atoms with Crippen molar-refractivity contribution in [1.29, 1.82) is 0 Å². The number of amides is 2. The Morgan fingerprint density at radius 2 is 1.55 bits per heavy atom. The van der Waals surface area contributed by atoms with Crippen LogP contribution in [0.3, 0.4) is 0 Å². The first-order valence-corrected chi connectivity index (χ1v) is 15.4. The van der Waals surface area contributed by atoms with Gasteiger partial charge in [-0.3, -0.25) is 13.9 Å². The van der Waals surface area contributed by atoms with Crippen molar-refractivity contribution < 1.29 is 18.0 Å². The minimum Gasteiger partial charge on any atom is -0.352 e. The van der Waals surface area contributed by atoms with Crippen molar-refractivity contribution >= 4 is 27.5 Å². The van der Waals surface area contributed by atoms with Crippen LogP contribution in [0.5, 0.6) is 0 Å². The molecule has 4 rings (SSSR count). The third-order valence-corrected chi connectivity index (χ3v) is 9.21. The van der Waals surface area contributed by atoms with Gasteiger partial charge in [-0.1, -0.05) is 79.9 Å². The third kappa shape index (κ3) is 7.10. The monoisotopic (exact) mass is 561 g/mol. The zero-order valence-electron chi connectivity index (χ0n) is 23.5. The van der Waals surface area contributed by atoms with Gasteiger partial charge in [0.2, 0.25) is 11.8 Å². The average molecular weight is 562 g/mol. The zero-order chi connectivity index (χ0) is 28.7. The Bertz CT molecular complexity index is 1420. The maximum Gasteiger partial charge on any atom is 0.264 e. The number of hydrogen-bond donors (Lipinski definition) is 1. The van der Waals surface area contributed by atoms with E-state index in [4.69, 9.17) is 0 Å². The SMILES string of the molecule is CCC(C(=O)NC1CCCC1)N(Cc1cccc(C)c1)C(=O)CN(c1cccc(C)c1)S(=O)(=O)c1ccccc1. The maximum atomic E-state index is 14.2. The summed E-state index contributed by atoms with van der Waals surface area (Å²) in [6.45, 7) is 5.51. The fourth-order valence-corrected chi connectivity index (χ4v) is 6.75. The van der Waals surface area contributed by atoms with Gasteiger partial charge in [0.25, 0.3) is 10.0 Å². The first-order chi connectivity index (χ1) is 19.2. The van der Waals surface area contributed by atoms with Crippen molar-refractivity contribution in [3.63, 3.8) is 0 Å². The lowest BCUT2D eigenvalue weighted by molar-refractivity contribution is -0.140. The van der Waals surface area contributed by atoms with Crippen LogP contribution in [0.4, 0.5) is 5.69 Å². The largest absolute Gasteiger partial charge is 0.352 e. The van der Waals surface area contributed by atoms with E-state index >= 15 is 0 Å². The van der Waals surface area contributed by atoms with E-state index < -0.39 is 28.5 Å². The molecule has 1 aliphatic carbocycles. The Balaban J connectivity index is 1.71. The van der Waals surface area contributed by atoms with Crippen LogP contribution < -0.4 is 9.62 Å². The first kappa shape index (κ1) is 29.3. The number of sulfonamides is 1. The van der Waals surface area contributed by atoms with Crippen molar-refractivity contribution in [3.05, 3.63) is 95.6 Å². The van der Waals surface area contributed by atoms with Crippen LogP contribution in [0, 0.1) is 13.8 Å². The number of nitrogens with one attached hydrogen (secondary N) is 1. The number of aryl methyl sites for hydroxylation is 2. The summed E-state index contributed by atoms with van der Waals surface area (Å²) < 4.78 is 28.9. The van der Waals surface area contributed by atoms with Gasteiger partial charge in [-0.05, 0) is 68.5 Å². The lowest BCUT2D eigenvalue weighted by atomic mass is 10.1. The smallest absolute Gasteiger partial charge is 0.264 e. The van der Waals surface area contributed by atoms with E-state index in [1.807, 2.05) is 51.1 Å². The first-order valence-electron chi connectivity index (χ1n) is 14.0. The van der Waals surface area contributed by atoms with Crippen LogP contribution in [-0.2, 0) is 26.2 Å². The van der Waals surface area contributed by atoms with Crippen LogP contribution in [0.15, 0.2) is 83.8 Å². The van der Waals surface area contributed by atoms with Gasteiger partial charge in [0.1, 0.15) is 12.6 Å². The second kappa shape index (κ2) is 13.1. The summed E-state index contributed by atoms with van der Waals surface area (Å²) >= 11 is 0. The molecule has 1 fully saturated rings. The van der Waals surface area contributed by atoms with Gasteiger partial charge in [0.05, 0.1) is 10.6 Å². The molecule has 1 aliphatic rings. The fraction of sp³-hybridized carbons (Fsp3) is 0.375. The van der Waals surface area contributed by atoms with Gasteiger partial charge >= 0.3 is 0 Å². The fourth-order valence-electron chi connectivity index (χ4n) is 5.33. The molecular formula is C32H39N3O4S. The van der Waals surface area contributed by atoms with E-state index in [9.17, 15) is 18.0 Å². The number of carbonyl (C=O) groups excluding carboxylic acids is 2. The molecule has 0 aromatic heterocycles. The summed E-state index contributed by atoms with van der Waals surface area (Å²) in [5.74, 6) is -0.626. The quantitative estimate of drug-likeness (QED) is 0.341. The predicted molar refractivity (Wildman–Crippen MR) is 158 cm³/mol. The van der Waals surface area contributed by atoms with Crippen molar-refractivity contribution in [3.8, 4) is 0 Å². The number of hydrogen-bond acceptors (Lipinski definition) is 4. The van der Waals surface area contributed by atoms with Gasteiger partial charge in [0.15, 0.2) is 0 Å². The van der Waals surface area contributed by atoms with E-state index in [0.717, 1.165) is 46.7 Å². The molecule has 2 amide bonds. The lowest BCUT2D eigenvalue weighted by Gasteiger charge is -2.34. The Kier molecular flexibility index (Phi) is 9.63. The van der Waals surface area contributed by atoms with Crippen molar-refractivity contribution in [2.75, 3.05) is 10.8 Å². The number of anilines is 1. The second-order valence-electron chi connectivity index (χ2n) is 10.6. The van der Waals surface area contributed by atoms with Gasteiger partial charge in [-0.15, -0.1) is 0 Å². The molecule has 7 nitrogen and oxygen atoms in total. The lowest BCUT2D eigenvalue weighted by Crippen LogP contribution is -2.53. The van der Waals surface area contributed by atoms with E-state index in [0.29, 0.717) is 12.1 Å². The van der Waals surface area contributed by atoms with Crippen LogP contribution in [0.25, 0.3) is 0 Å². The maximum absolute atomic E-state index is 14.2. The molecule has 0 spiro atoms. The summed E-state index contributed by atoms with van der Waals surface area (Å²) in [4.78, 5) is 29.3. The van der Waals surface area contributed by atoms with E-state index in [1.165, 1.54) is 12.1 Å². The van der Waals surface area contributed by atoms with E-state index in [-0.39, 0.29) is 23.4 Å². The summed E-state index contributed by atoms with van der Waals surface area (Å²) in [5.41, 5.74) is 3.20. The van der Waals surface area contributed by atoms with Gasteiger partial charge in [-0.2, -0.15) is 0 Å². The summed E-state index contributed by atoms with van der Waals surface area (Å²) in [6, 6.07) is 22.4. The second-order valence-corrected chi connectivity index (χ2v) is 12.5. The van der Waals surface area contributed by atoms with Crippen molar-refractivity contribution in [1.82, 2.24) is 10.2 Å². The molecule has 0 heterocycles. The summed E-state index contributed by atoms with van der Waals surface area (Å²) in [6.07, 6.45) is 4.44. The topological polar surface area (TPSA) is 86.8 Å². The highest BCUT2D eigenvalue weighted by atomic mass is 32.2.